The van der Waals surface area contributed by atoms with E-state index in [1.807, 2.05) is 12.1 Å². The van der Waals surface area contributed by atoms with E-state index in [-0.39, 0.29) is 5.91 Å². The number of carbonyl (C=O) groups is 1. The molecule has 0 aliphatic carbocycles. The summed E-state index contributed by atoms with van der Waals surface area (Å²) >= 11 is 6.36. The lowest BCUT2D eigenvalue weighted by Crippen LogP contribution is -2.47. The second-order valence-electron chi connectivity index (χ2n) is 8.74. The molecule has 0 spiro atoms. The van der Waals surface area contributed by atoms with Crippen molar-refractivity contribution in [2.45, 2.75) is 63.6 Å². The molecule has 3 aliphatic heterocycles. The Hall–Kier alpha value is -1.52. The molecule has 1 aromatic carbocycles. The Morgan fingerprint density at radius 2 is 2.00 bits per heavy atom. The van der Waals surface area contributed by atoms with E-state index in [0.717, 1.165) is 60.6 Å². The monoisotopic (exact) mass is 401 g/mol. The number of anilines is 1. The smallest absolute Gasteiger partial charge is 0.242 e. The van der Waals surface area contributed by atoms with Crippen molar-refractivity contribution in [3.05, 3.63) is 35.4 Å². The fraction of sp³-hybridized carbons (Fsp3) is 0.609. The summed E-state index contributed by atoms with van der Waals surface area (Å²) in [5.74, 6) is 0.247. The number of nitrogens with zero attached hydrogens (tertiary/aromatic N) is 3. The molecule has 5 heteroatoms. The minimum Gasteiger partial charge on any atom is -0.362 e. The largest absolute Gasteiger partial charge is 0.362 e. The fourth-order valence-corrected chi connectivity index (χ4v) is 5.49. The molecule has 0 aromatic heterocycles. The van der Waals surface area contributed by atoms with Crippen LogP contribution in [0.25, 0.3) is 5.57 Å². The second kappa shape index (κ2) is 8.08. The molecule has 0 radical (unpaired) electrons. The van der Waals surface area contributed by atoms with Gasteiger partial charge in [-0.15, -0.1) is 0 Å². The Bertz CT molecular complexity index is 764. The van der Waals surface area contributed by atoms with Crippen molar-refractivity contribution in [3.63, 3.8) is 0 Å². The highest BCUT2D eigenvalue weighted by Crippen LogP contribution is 2.40. The number of rotatable bonds is 2. The van der Waals surface area contributed by atoms with E-state index >= 15 is 0 Å². The normalized spacial score (nSPS) is 28.5. The standard InChI is InChI=1S/C23H32ClN3O/c1-16-6-4-5-12-27(16)23(28)15-26-13-11-19-8-10-21(25(19)3)17(2)20-14-18(24)7-9-22(20)26/h7,9,14,16,19,21H,2,4-6,8,10-13,15H2,1,3H3/t16-,19?,21?/m0/s1. The van der Waals surface area contributed by atoms with Crippen LogP contribution < -0.4 is 4.90 Å². The third kappa shape index (κ3) is 3.69. The van der Waals surface area contributed by atoms with Gasteiger partial charge < -0.3 is 9.80 Å². The molecule has 0 N–H and O–H groups in total. The summed E-state index contributed by atoms with van der Waals surface area (Å²) in [5, 5.41) is 0.729. The van der Waals surface area contributed by atoms with Gasteiger partial charge in [-0.25, -0.2) is 0 Å². The summed E-state index contributed by atoms with van der Waals surface area (Å²) in [6, 6.07) is 7.31. The molecular weight excluding hydrogens is 370 g/mol. The number of halogens is 1. The number of fused-ring (bicyclic) bond motifs is 3. The molecule has 3 aliphatic rings. The lowest BCUT2D eigenvalue weighted by molar-refractivity contribution is -0.132. The summed E-state index contributed by atoms with van der Waals surface area (Å²) < 4.78 is 0. The SMILES string of the molecule is C=C1c2cc(Cl)ccc2N(CC(=O)N2CCCC[C@@H]2C)CCC2CCC1N2C. The van der Waals surface area contributed by atoms with Gasteiger partial charge in [0.25, 0.3) is 0 Å². The average molecular weight is 402 g/mol. The molecule has 28 heavy (non-hydrogen) atoms. The van der Waals surface area contributed by atoms with E-state index in [1.165, 1.54) is 12.8 Å². The third-order valence-corrected chi connectivity index (χ3v) is 7.31. The first-order chi connectivity index (χ1) is 13.5. The molecule has 3 heterocycles. The van der Waals surface area contributed by atoms with Gasteiger partial charge >= 0.3 is 0 Å². The van der Waals surface area contributed by atoms with Crippen molar-refractivity contribution in [2.24, 2.45) is 0 Å². The molecule has 4 rings (SSSR count). The number of hydrogen-bond donors (Lipinski definition) is 0. The van der Waals surface area contributed by atoms with E-state index in [1.54, 1.807) is 0 Å². The van der Waals surface area contributed by atoms with Gasteiger partial charge in [0.1, 0.15) is 0 Å². The second-order valence-corrected chi connectivity index (χ2v) is 9.18. The summed E-state index contributed by atoms with van der Waals surface area (Å²) in [5.41, 5.74) is 3.34. The summed E-state index contributed by atoms with van der Waals surface area (Å²) in [7, 11) is 2.22. The highest BCUT2D eigenvalue weighted by atomic mass is 35.5. The number of likely N-dealkylation sites (tertiary alicyclic amines) is 1. The van der Waals surface area contributed by atoms with E-state index in [9.17, 15) is 4.79 Å². The molecule has 2 unspecified atom stereocenters. The minimum atomic E-state index is 0.247. The molecule has 1 amide bonds. The predicted octanol–water partition coefficient (Wildman–Crippen LogP) is 4.43. The first-order valence-electron chi connectivity index (χ1n) is 10.7. The number of hydrogen-bond acceptors (Lipinski definition) is 3. The Morgan fingerprint density at radius 3 is 2.79 bits per heavy atom. The number of benzene rings is 1. The molecule has 2 bridgehead atoms. The van der Waals surface area contributed by atoms with Gasteiger partial charge in [-0.05, 0) is 76.3 Å². The van der Waals surface area contributed by atoms with Crippen molar-refractivity contribution in [1.29, 1.82) is 0 Å². The zero-order valence-electron chi connectivity index (χ0n) is 17.2. The lowest BCUT2D eigenvalue weighted by Gasteiger charge is -2.36. The lowest BCUT2D eigenvalue weighted by atomic mass is 9.95. The summed E-state index contributed by atoms with van der Waals surface area (Å²) in [6.45, 7) is 8.86. The number of amides is 1. The fourth-order valence-electron chi connectivity index (χ4n) is 5.31. The molecular formula is C23H32ClN3O. The van der Waals surface area contributed by atoms with Crippen LogP contribution in [-0.2, 0) is 4.79 Å². The Labute approximate surface area is 174 Å². The molecule has 3 atom stereocenters. The van der Waals surface area contributed by atoms with E-state index < -0.39 is 0 Å². The van der Waals surface area contributed by atoms with Gasteiger partial charge in [-0.2, -0.15) is 0 Å². The van der Waals surface area contributed by atoms with Crippen molar-refractivity contribution in [2.75, 3.05) is 31.6 Å². The number of piperidine rings is 1. The topological polar surface area (TPSA) is 26.8 Å². The van der Waals surface area contributed by atoms with E-state index in [4.69, 9.17) is 11.6 Å². The van der Waals surface area contributed by atoms with E-state index in [2.05, 4.69) is 41.3 Å². The Kier molecular flexibility index (Phi) is 5.71. The van der Waals surface area contributed by atoms with Gasteiger partial charge in [0.2, 0.25) is 5.91 Å². The zero-order chi connectivity index (χ0) is 19.8. The highest BCUT2D eigenvalue weighted by Gasteiger charge is 2.36. The molecule has 0 saturated carbocycles. The Morgan fingerprint density at radius 1 is 1.18 bits per heavy atom. The van der Waals surface area contributed by atoms with Crippen molar-refractivity contribution >= 4 is 28.8 Å². The first-order valence-corrected chi connectivity index (χ1v) is 11.1. The molecule has 152 valence electrons. The van der Waals surface area contributed by atoms with Gasteiger partial charge in [0.05, 0.1) is 6.54 Å². The molecule has 1 aromatic rings. The van der Waals surface area contributed by atoms with Crippen molar-refractivity contribution in [1.82, 2.24) is 9.80 Å². The molecule has 4 nitrogen and oxygen atoms in total. The highest BCUT2D eigenvalue weighted by molar-refractivity contribution is 6.30. The maximum absolute atomic E-state index is 13.2. The van der Waals surface area contributed by atoms with Crippen molar-refractivity contribution in [3.8, 4) is 0 Å². The van der Waals surface area contributed by atoms with Crippen LogP contribution in [0.15, 0.2) is 24.8 Å². The van der Waals surface area contributed by atoms with Crippen LogP contribution in [0.2, 0.25) is 5.02 Å². The van der Waals surface area contributed by atoms with Crippen LogP contribution in [0.5, 0.6) is 0 Å². The molecule has 2 saturated heterocycles. The Balaban J connectivity index is 1.65. The summed E-state index contributed by atoms with van der Waals surface area (Å²) in [6.07, 6.45) is 6.88. The van der Waals surface area contributed by atoms with Crippen LogP contribution in [0.3, 0.4) is 0 Å². The quantitative estimate of drug-likeness (QED) is 0.733. The predicted molar refractivity (Wildman–Crippen MR) is 117 cm³/mol. The van der Waals surface area contributed by atoms with Gasteiger partial charge in [-0.1, -0.05) is 18.2 Å². The molecule has 2 fully saturated rings. The number of likely N-dealkylation sites (N-methyl/N-ethyl adjacent to an activating group) is 1. The zero-order valence-corrected chi connectivity index (χ0v) is 17.9. The van der Waals surface area contributed by atoms with Crippen LogP contribution in [0, 0.1) is 0 Å². The van der Waals surface area contributed by atoms with Gasteiger partial charge in [0.15, 0.2) is 0 Å². The van der Waals surface area contributed by atoms with Crippen LogP contribution in [0.1, 0.15) is 51.0 Å². The first kappa shape index (κ1) is 19.8. The third-order valence-electron chi connectivity index (χ3n) is 7.07. The average Bonchev–Trinajstić information content (AvgIpc) is 3.06. The van der Waals surface area contributed by atoms with Gasteiger partial charge in [-0.3, -0.25) is 9.69 Å². The van der Waals surface area contributed by atoms with Crippen LogP contribution >= 0.6 is 11.6 Å². The number of carbonyl (C=O) groups excluding carboxylic acids is 1. The van der Waals surface area contributed by atoms with Crippen LogP contribution in [-0.4, -0.2) is 60.5 Å². The van der Waals surface area contributed by atoms with Gasteiger partial charge in [0, 0.05) is 47.5 Å². The maximum atomic E-state index is 13.2. The van der Waals surface area contributed by atoms with E-state index in [0.29, 0.717) is 24.7 Å². The van der Waals surface area contributed by atoms with Crippen LogP contribution in [0.4, 0.5) is 5.69 Å². The van der Waals surface area contributed by atoms with Crippen molar-refractivity contribution < 1.29 is 4.79 Å². The maximum Gasteiger partial charge on any atom is 0.242 e. The summed E-state index contributed by atoms with van der Waals surface area (Å²) in [4.78, 5) is 20.0. The minimum absolute atomic E-state index is 0.247.